The van der Waals surface area contributed by atoms with Crippen LogP contribution in [0.4, 0.5) is 10.1 Å². The van der Waals surface area contributed by atoms with E-state index in [0.29, 0.717) is 6.54 Å². The van der Waals surface area contributed by atoms with Gasteiger partial charge in [-0.2, -0.15) is 0 Å². The number of ether oxygens (including phenoxy) is 1. The monoisotopic (exact) mass is 266 g/mol. The molecule has 0 aliphatic rings. The summed E-state index contributed by atoms with van der Waals surface area (Å²) in [7, 11) is 2.72. The Bertz CT molecular complexity index is 575. The number of carbonyl (C=O) groups excluding carboxylic acids is 1. The second-order valence-corrected chi connectivity index (χ2v) is 3.43. The smallest absolute Gasteiger partial charge is 0.344 e. The molecular formula is C12H11FN2O4. The van der Waals surface area contributed by atoms with Crippen LogP contribution >= 0.6 is 0 Å². The van der Waals surface area contributed by atoms with Crippen molar-refractivity contribution in [3.8, 4) is 11.8 Å². The lowest BCUT2D eigenvalue weighted by Gasteiger charge is -2.02. The predicted molar refractivity (Wildman–Crippen MR) is 65.2 cm³/mol. The number of rotatable bonds is 3. The normalized spacial score (nSPS) is 9.42. The van der Waals surface area contributed by atoms with Crippen molar-refractivity contribution < 1.29 is 18.8 Å². The highest BCUT2D eigenvalue weighted by atomic mass is 19.1. The summed E-state index contributed by atoms with van der Waals surface area (Å²) in [6.07, 6.45) is 0. The third-order valence-electron chi connectivity index (χ3n) is 2.18. The average Bonchev–Trinajstić information content (AvgIpc) is 2.39. The molecule has 6 nitrogen and oxygen atoms in total. The molecule has 0 aromatic heterocycles. The van der Waals surface area contributed by atoms with Gasteiger partial charge >= 0.3 is 5.97 Å². The van der Waals surface area contributed by atoms with Crippen molar-refractivity contribution in [2.45, 2.75) is 0 Å². The molecule has 1 rings (SSSR count). The second kappa shape index (κ2) is 6.47. The fourth-order valence-electron chi connectivity index (χ4n) is 1.31. The quantitative estimate of drug-likeness (QED) is 0.383. The topological polar surface area (TPSA) is 81.5 Å². The third-order valence-corrected chi connectivity index (χ3v) is 2.18. The van der Waals surface area contributed by atoms with E-state index in [1.807, 2.05) is 0 Å². The van der Waals surface area contributed by atoms with E-state index in [1.165, 1.54) is 0 Å². The molecule has 1 aromatic carbocycles. The van der Waals surface area contributed by atoms with Crippen molar-refractivity contribution in [2.24, 2.45) is 0 Å². The molecule has 0 spiro atoms. The summed E-state index contributed by atoms with van der Waals surface area (Å²) in [5.41, 5.74) is -1.12. The number of hydrogen-bond acceptors (Lipinski definition) is 5. The lowest BCUT2D eigenvalue weighted by molar-refractivity contribution is -0.385. The summed E-state index contributed by atoms with van der Waals surface area (Å²) < 4.78 is 18.0. The van der Waals surface area contributed by atoms with E-state index in [2.05, 4.69) is 21.9 Å². The molecule has 0 saturated heterocycles. The largest absolute Gasteiger partial charge is 0.465 e. The van der Waals surface area contributed by atoms with E-state index in [0.717, 1.165) is 19.2 Å². The van der Waals surface area contributed by atoms with E-state index in [9.17, 15) is 19.3 Å². The Morgan fingerprint density at radius 3 is 2.79 bits per heavy atom. The molecule has 7 heteroatoms. The maximum absolute atomic E-state index is 13.7. The molecular weight excluding hydrogens is 255 g/mol. The van der Waals surface area contributed by atoms with Gasteiger partial charge in [-0.3, -0.25) is 10.1 Å². The van der Waals surface area contributed by atoms with Crippen molar-refractivity contribution in [1.82, 2.24) is 5.32 Å². The van der Waals surface area contributed by atoms with Gasteiger partial charge in [0.05, 0.1) is 24.1 Å². The van der Waals surface area contributed by atoms with Gasteiger partial charge in [-0.1, -0.05) is 11.8 Å². The highest BCUT2D eigenvalue weighted by Gasteiger charge is 2.23. The standard InChI is InChI=1S/C12H11FN2O4/c1-14-5-3-4-8-6-11(15(17)18)9(7-10(8)13)12(16)19-2/h6-7,14H,5H2,1-2H3. The zero-order valence-corrected chi connectivity index (χ0v) is 10.3. The number of halogens is 1. The molecule has 0 aliphatic heterocycles. The van der Waals surface area contributed by atoms with Gasteiger partial charge in [0.1, 0.15) is 11.4 Å². The molecule has 0 saturated carbocycles. The molecule has 0 bridgehead atoms. The minimum Gasteiger partial charge on any atom is -0.465 e. The zero-order chi connectivity index (χ0) is 14.4. The number of nitro groups is 1. The molecule has 1 N–H and O–H groups in total. The molecule has 100 valence electrons. The average molecular weight is 266 g/mol. The number of benzene rings is 1. The SMILES string of the molecule is CNCC#Cc1cc([N+](=O)[O-])c(C(=O)OC)cc1F. The molecule has 0 radical (unpaired) electrons. The van der Waals surface area contributed by atoms with Crippen molar-refractivity contribution >= 4 is 11.7 Å². The summed E-state index contributed by atoms with van der Waals surface area (Å²) in [6, 6.07) is 1.68. The highest BCUT2D eigenvalue weighted by molar-refractivity contribution is 5.94. The van der Waals surface area contributed by atoms with Crippen LogP contribution in [-0.4, -0.2) is 31.6 Å². The van der Waals surface area contributed by atoms with Gasteiger partial charge in [0.25, 0.3) is 5.69 Å². The second-order valence-electron chi connectivity index (χ2n) is 3.43. The Labute approximate surface area is 108 Å². The highest BCUT2D eigenvalue weighted by Crippen LogP contribution is 2.23. The Kier molecular flexibility index (Phi) is 4.97. The minimum atomic E-state index is -0.972. The summed E-state index contributed by atoms with van der Waals surface area (Å²) in [5, 5.41) is 13.6. The summed E-state index contributed by atoms with van der Waals surface area (Å²) >= 11 is 0. The summed E-state index contributed by atoms with van der Waals surface area (Å²) in [4.78, 5) is 21.4. The molecule has 0 fully saturated rings. The van der Waals surface area contributed by atoms with Gasteiger partial charge in [-0.05, 0) is 13.1 Å². The van der Waals surface area contributed by atoms with Crippen LogP contribution in [0.2, 0.25) is 0 Å². The van der Waals surface area contributed by atoms with Gasteiger partial charge in [-0.25, -0.2) is 9.18 Å². The summed E-state index contributed by atoms with van der Waals surface area (Å²) in [5.74, 6) is 3.25. The van der Waals surface area contributed by atoms with Crippen LogP contribution in [0.3, 0.4) is 0 Å². The number of nitro benzene ring substituents is 1. The van der Waals surface area contributed by atoms with Crippen LogP contribution in [0, 0.1) is 27.8 Å². The fraction of sp³-hybridized carbons (Fsp3) is 0.250. The van der Waals surface area contributed by atoms with E-state index in [-0.39, 0.29) is 5.56 Å². The Morgan fingerprint density at radius 2 is 2.26 bits per heavy atom. The Hall–Kier alpha value is -2.46. The Balaban J connectivity index is 3.34. The number of nitrogens with one attached hydrogen (secondary N) is 1. The minimum absolute atomic E-state index is 0.144. The van der Waals surface area contributed by atoms with E-state index in [4.69, 9.17) is 0 Å². The van der Waals surface area contributed by atoms with Crippen molar-refractivity contribution in [2.75, 3.05) is 20.7 Å². The molecule has 19 heavy (non-hydrogen) atoms. The zero-order valence-electron chi connectivity index (χ0n) is 10.3. The van der Waals surface area contributed by atoms with Crippen LogP contribution < -0.4 is 5.32 Å². The maximum Gasteiger partial charge on any atom is 0.344 e. The Morgan fingerprint density at radius 1 is 1.58 bits per heavy atom. The van der Waals surface area contributed by atoms with Gasteiger partial charge in [-0.15, -0.1) is 0 Å². The molecule has 0 atom stereocenters. The molecule has 0 unspecified atom stereocenters. The van der Waals surface area contributed by atoms with Crippen LogP contribution in [-0.2, 0) is 4.74 Å². The van der Waals surface area contributed by atoms with Gasteiger partial charge in [0.15, 0.2) is 0 Å². The number of carbonyl (C=O) groups is 1. The van der Waals surface area contributed by atoms with Crippen molar-refractivity contribution in [3.05, 3.63) is 39.2 Å². The summed E-state index contributed by atoms with van der Waals surface area (Å²) in [6.45, 7) is 0.311. The van der Waals surface area contributed by atoms with Crippen LogP contribution in [0.1, 0.15) is 15.9 Å². The first-order valence-electron chi connectivity index (χ1n) is 5.21. The van der Waals surface area contributed by atoms with Crippen LogP contribution in [0.15, 0.2) is 12.1 Å². The van der Waals surface area contributed by atoms with Crippen molar-refractivity contribution in [3.63, 3.8) is 0 Å². The van der Waals surface area contributed by atoms with E-state index >= 15 is 0 Å². The number of esters is 1. The first-order valence-corrected chi connectivity index (χ1v) is 5.21. The molecule has 1 aromatic rings. The lowest BCUT2D eigenvalue weighted by Crippen LogP contribution is -2.07. The lowest BCUT2D eigenvalue weighted by atomic mass is 10.1. The van der Waals surface area contributed by atoms with Gasteiger partial charge in [0.2, 0.25) is 0 Å². The first-order chi connectivity index (χ1) is 9.01. The van der Waals surface area contributed by atoms with Crippen LogP contribution in [0.5, 0.6) is 0 Å². The van der Waals surface area contributed by atoms with Crippen molar-refractivity contribution in [1.29, 1.82) is 0 Å². The third kappa shape index (κ3) is 3.50. The van der Waals surface area contributed by atoms with Gasteiger partial charge in [0, 0.05) is 6.07 Å². The van der Waals surface area contributed by atoms with Crippen LogP contribution in [0.25, 0.3) is 0 Å². The molecule has 0 amide bonds. The maximum atomic E-state index is 13.7. The number of hydrogen-bond donors (Lipinski definition) is 1. The van der Waals surface area contributed by atoms with Gasteiger partial charge < -0.3 is 10.1 Å². The predicted octanol–water partition coefficient (Wildman–Crippen LogP) is 1.09. The van der Waals surface area contributed by atoms with E-state index in [1.54, 1.807) is 7.05 Å². The molecule has 0 aliphatic carbocycles. The number of nitrogens with zero attached hydrogens (tertiary/aromatic N) is 1. The first kappa shape index (κ1) is 14.6. The number of methoxy groups -OCH3 is 1. The fourth-order valence-corrected chi connectivity index (χ4v) is 1.31. The van der Waals surface area contributed by atoms with E-state index < -0.39 is 28.0 Å². The molecule has 0 heterocycles.